The first-order chi connectivity index (χ1) is 14.5. The molecule has 0 atom stereocenters. The molecule has 0 radical (unpaired) electrons. The largest absolute Gasteiger partial charge is 0.493 e. The maximum atomic E-state index is 12.1. The van der Waals surface area contributed by atoms with Crippen LogP contribution in [0.3, 0.4) is 0 Å². The van der Waals surface area contributed by atoms with Crippen LogP contribution in [0.15, 0.2) is 63.4 Å². The molecule has 1 N–H and O–H groups in total. The Bertz CT molecular complexity index is 1270. The van der Waals surface area contributed by atoms with Crippen LogP contribution < -0.4 is 10.1 Å². The second-order valence-corrected chi connectivity index (χ2v) is 6.08. The van der Waals surface area contributed by atoms with E-state index in [1.54, 1.807) is 25.3 Å². The molecule has 0 aliphatic heterocycles. The predicted molar refractivity (Wildman–Crippen MR) is 107 cm³/mol. The number of hydrogen-bond acceptors (Lipinski definition) is 8. The zero-order valence-corrected chi connectivity index (χ0v) is 15.6. The lowest BCUT2D eigenvalue weighted by molar-refractivity contribution is -0.384. The third kappa shape index (κ3) is 3.87. The molecular weight excluding hydrogens is 392 g/mol. The van der Waals surface area contributed by atoms with Crippen LogP contribution >= 0.6 is 0 Å². The van der Waals surface area contributed by atoms with Crippen molar-refractivity contribution in [3.05, 3.63) is 70.3 Å². The summed E-state index contributed by atoms with van der Waals surface area (Å²) in [5.74, 6) is 0.446. The number of ether oxygens (including phenoxy) is 1. The van der Waals surface area contributed by atoms with Gasteiger partial charge in [0.05, 0.1) is 12.0 Å². The fourth-order valence-corrected chi connectivity index (χ4v) is 2.74. The van der Waals surface area contributed by atoms with Crippen molar-refractivity contribution in [2.24, 2.45) is 0 Å². The molecule has 0 aliphatic carbocycles. The van der Waals surface area contributed by atoms with Crippen molar-refractivity contribution >= 4 is 34.7 Å². The van der Waals surface area contributed by atoms with Gasteiger partial charge in [0, 0.05) is 23.6 Å². The molecule has 0 aliphatic rings. The zero-order chi connectivity index (χ0) is 21.1. The van der Waals surface area contributed by atoms with Gasteiger partial charge in [0.15, 0.2) is 17.1 Å². The van der Waals surface area contributed by atoms with Gasteiger partial charge in [-0.1, -0.05) is 29.4 Å². The van der Waals surface area contributed by atoms with Gasteiger partial charge < -0.3 is 13.6 Å². The van der Waals surface area contributed by atoms with Gasteiger partial charge in [-0.15, -0.1) is 5.10 Å². The van der Waals surface area contributed by atoms with Crippen LogP contribution in [-0.4, -0.2) is 28.1 Å². The van der Waals surface area contributed by atoms with E-state index in [1.165, 1.54) is 30.4 Å². The highest BCUT2D eigenvalue weighted by Crippen LogP contribution is 2.33. The summed E-state index contributed by atoms with van der Waals surface area (Å²) in [5.41, 5.74) is 0.974. The van der Waals surface area contributed by atoms with Gasteiger partial charge in [-0.3, -0.25) is 20.2 Å². The number of benzene rings is 2. The summed E-state index contributed by atoms with van der Waals surface area (Å²) in [6.45, 7) is 0. The quantitative estimate of drug-likeness (QED) is 0.288. The number of amides is 1. The second-order valence-electron chi connectivity index (χ2n) is 6.08. The SMILES string of the molecule is COc1cccc2cc(-c3nnc(NC(=O)/C=C/c4cccc([N+](=O)[O-])c4)o3)oc12. The van der Waals surface area contributed by atoms with Crippen LogP contribution in [-0.2, 0) is 4.79 Å². The number of carbonyl (C=O) groups is 1. The Kier molecular flexibility index (Phi) is 4.95. The molecule has 30 heavy (non-hydrogen) atoms. The standard InChI is InChI=1S/C20H14N4O6/c1-28-15-7-3-5-13-11-16(29-18(13)15)19-22-23-20(30-19)21-17(25)9-8-12-4-2-6-14(10-12)24(26)27/h2-11H,1H3,(H,21,23,25)/b9-8+. The van der Waals surface area contributed by atoms with E-state index in [-0.39, 0.29) is 17.6 Å². The Balaban J connectivity index is 1.47. The molecule has 10 heteroatoms. The van der Waals surface area contributed by atoms with Gasteiger partial charge in [0.2, 0.25) is 0 Å². The molecule has 0 unspecified atom stereocenters. The molecule has 2 aromatic carbocycles. The van der Waals surface area contributed by atoms with Crippen molar-refractivity contribution in [1.29, 1.82) is 0 Å². The molecule has 0 bridgehead atoms. The summed E-state index contributed by atoms with van der Waals surface area (Å²) < 4.78 is 16.4. The summed E-state index contributed by atoms with van der Waals surface area (Å²) in [4.78, 5) is 22.4. The van der Waals surface area contributed by atoms with Crippen LogP contribution in [0, 0.1) is 10.1 Å². The number of nitro groups is 1. The molecule has 4 rings (SSSR count). The lowest BCUT2D eigenvalue weighted by Gasteiger charge is -1.98. The van der Waals surface area contributed by atoms with Crippen molar-refractivity contribution in [1.82, 2.24) is 10.2 Å². The second kappa shape index (κ2) is 7.87. The molecule has 2 heterocycles. The lowest BCUT2D eigenvalue weighted by atomic mass is 10.2. The fourth-order valence-electron chi connectivity index (χ4n) is 2.74. The molecular formula is C20H14N4O6. The average Bonchev–Trinajstić information content (AvgIpc) is 3.39. The van der Waals surface area contributed by atoms with Gasteiger partial charge in [0.1, 0.15) is 0 Å². The minimum Gasteiger partial charge on any atom is -0.493 e. The van der Waals surface area contributed by atoms with Crippen molar-refractivity contribution in [3.8, 4) is 17.4 Å². The first kappa shape index (κ1) is 18.9. The van der Waals surface area contributed by atoms with Crippen molar-refractivity contribution in [3.63, 3.8) is 0 Å². The average molecular weight is 406 g/mol. The van der Waals surface area contributed by atoms with E-state index in [1.807, 2.05) is 12.1 Å². The molecule has 0 spiro atoms. The van der Waals surface area contributed by atoms with Gasteiger partial charge in [-0.25, -0.2) is 0 Å². The predicted octanol–water partition coefficient (Wildman–Crippen LogP) is 4.05. The van der Waals surface area contributed by atoms with E-state index in [4.69, 9.17) is 13.6 Å². The number of carbonyl (C=O) groups excluding carboxylic acids is 1. The van der Waals surface area contributed by atoms with Crippen molar-refractivity contribution in [2.75, 3.05) is 12.4 Å². The van der Waals surface area contributed by atoms with Crippen LogP contribution in [0.25, 0.3) is 28.7 Å². The Labute approximate surface area is 168 Å². The van der Waals surface area contributed by atoms with Gasteiger partial charge in [0.25, 0.3) is 17.5 Å². The van der Waals surface area contributed by atoms with E-state index in [2.05, 4.69) is 15.5 Å². The number of fused-ring (bicyclic) bond motifs is 1. The number of furan rings is 1. The molecule has 2 aromatic heterocycles. The van der Waals surface area contributed by atoms with Crippen LogP contribution in [0.5, 0.6) is 5.75 Å². The van der Waals surface area contributed by atoms with Crippen LogP contribution in [0.1, 0.15) is 5.56 Å². The molecule has 150 valence electrons. The zero-order valence-electron chi connectivity index (χ0n) is 15.6. The summed E-state index contributed by atoms with van der Waals surface area (Å²) >= 11 is 0. The van der Waals surface area contributed by atoms with E-state index < -0.39 is 10.8 Å². The van der Waals surface area contributed by atoms with Gasteiger partial charge in [-0.05, 0) is 23.8 Å². The maximum absolute atomic E-state index is 12.1. The first-order valence-electron chi connectivity index (χ1n) is 8.67. The lowest BCUT2D eigenvalue weighted by Crippen LogP contribution is -2.07. The van der Waals surface area contributed by atoms with Crippen LogP contribution in [0.4, 0.5) is 11.7 Å². The highest BCUT2D eigenvalue weighted by atomic mass is 16.6. The summed E-state index contributed by atoms with van der Waals surface area (Å²) in [6, 6.07) is 12.9. The number of para-hydroxylation sites is 1. The highest BCUT2D eigenvalue weighted by Gasteiger charge is 2.16. The number of nitrogens with one attached hydrogen (secondary N) is 1. The highest BCUT2D eigenvalue weighted by molar-refractivity contribution is 6.00. The molecule has 0 saturated carbocycles. The molecule has 10 nitrogen and oxygen atoms in total. The van der Waals surface area contributed by atoms with Gasteiger partial charge >= 0.3 is 6.01 Å². The smallest absolute Gasteiger partial charge is 0.322 e. The van der Waals surface area contributed by atoms with Crippen molar-refractivity contribution < 1.29 is 23.3 Å². The van der Waals surface area contributed by atoms with E-state index in [9.17, 15) is 14.9 Å². The Hall–Kier alpha value is -4.47. The number of rotatable bonds is 6. The third-order valence-electron chi connectivity index (χ3n) is 4.10. The normalized spacial score (nSPS) is 11.1. The van der Waals surface area contributed by atoms with Gasteiger partial charge in [-0.2, -0.15) is 0 Å². The Morgan fingerprint density at radius 2 is 2.00 bits per heavy atom. The number of hydrogen-bond donors (Lipinski definition) is 1. The number of methoxy groups -OCH3 is 1. The maximum Gasteiger partial charge on any atom is 0.322 e. The molecule has 0 saturated heterocycles. The molecule has 4 aromatic rings. The molecule has 1 amide bonds. The summed E-state index contributed by atoms with van der Waals surface area (Å²) in [7, 11) is 1.54. The first-order valence-corrected chi connectivity index (χ1v) is 8.67. The minimum absolute atomic E-state index is 0.0680. The number of non-ortho nitro benzene ring substituents is 1. The van der Waals surface area contributed by atoms with E-state index >= 15 is 0 Å². The molecule has 0 fully saturated rings. The third-order valence-corrected chi connectivity index (χ3v) is 4.10. The fraction of sp³-hybridized carbons (Fsp3) is 0.0500. The van der Waals surface area contributed by atoms with E-state index in [0.29, 0.717) is 22.7 Å². The number of anilines is 1. The minimum atomic E-state index is -0.539. The monoisotopic (exact) mass is 406 g/mol. The number of nitro benzene ring substituents is 1. The number of nitrogens with zero attached hydrogens (tertiary/aromatic N) is 3. The number of aromatic nitrogens is 2. The van der Waals surface area contributed by atoms with Crippen LogP contribution in [0.2, 0.25) is 0 Å². The van der Waals surface area contributed by atoms with E-state index in [0.717, 1.165) is 5.39 Å². The topological polar surface area (TPSA) is 134 Å². The summed E-state index contributed by atoms with van der Waals surface area (Å²) in [6.07, 6.45) is 2.64. The Morgan fingerprint density at radius 1 is 1.17 bits per heavy atom. The van der Waals surface area contributed by atoms with Crippen molar-refractivity contribution in [2.45, 2.75) is 0 Å². The Morgan fingerprint density at radius 3 is 2.80 bits per heavy atom. The summed E-state index contributed by atoms with van der Waals surface area (Å²) in [5, 5.41) is 21.7.